The summed E-state index contributed by atoms with van der Waals surface area (Å²) < 4.78 is 7.95. The van der Waals surface area contributed by atoms with Crippen LogP contribution in [0.1, 0.15) is 18.9 Å². The molecule has 0 N–H and O–H groups in total. The van der Waals surface area contributed by atoms with Gasteiger partial charge in [0.25, 0.3) is 0 Å². The number of rotatable bonds is 3. The Hall–Kier alpha value is -1.43. The molecule has 0 aliphatic heterocycles. The molecule has 2 aromatic heterocycles. The lowest BCUT2D eigenvalue weighted by atomic mass is 10.2. The maximum absolute atomic E-state index is 5.79. The first-order valence-corrected chi connectivity index (χ1v) is 6.63. The average molecular weight is 380 g/mol. The summed E-state index contributed by atoms with van der Waals surface area (Å²) in [7, 11) is 0. The third kappa shape index (κ3) is 3.00. The van der Waals surface area contributed by atoms with Crippen molar-refractivity contribution in [1.29, 1.82) is 0 Å². The van der Waals surface area contributed by atoms with Gasteiger partial charge in [-0.25, -0.2) is 9.55 Å². The molecule has 0 bridgehead atoms. The zero-order valence-electron chi connectivity index (χ0n) is 11.6. The van der Waals surface area contributed by atoms with Gasteiger partial charge < -0.3 is 28.4 Å². The van der Waals surface area contributed by atoms with E-state index in [-0.39, 0.29) is 24.0 Å². The highest BCUT2D eigenvalue weighted by molar-refractivity contribution is 5.76. The van der Waals surface area contributed by atoms with Gasteiger partial charge in [-0.3, -0.25) is 0 Å². The highest BCUT2D eigenvalue weighted by atomic mass is 127. The largest absolute Gasteiger partial charge is 1.00 e. The van der Waals surface area contributed by atoms with Crippen molar-refractivity contribution in [3.63, 3.8) is 0 Å². The van der Waals surface area contributed by atoms with Crippen LogP contribution in [0.2, 0.25) is 0 Å². The maximum atomic E-state index is 5.79. The van der Waals surface area contributed by atoms with Gasteiger partial charge in [0.05, 0.1) is 0 Å². The number of oxazole rings is 1. The normalized spacial score (nSPS) is 10.5. The van der Waals surface area contributed by atoms with E-state index in [2.05, 4.69) is 35.8 Å². The van der Waals surface area contributed by atoms with Crippen molar-refractivity contribution in [3.8, 4) is 11.5 Å². The van der Waals surface area contributed by atoms with Crippen LogP contribution in [0, 0.1) is 6.92 Å². The Bertz CT molecular complexity index is 704. The second kappa shape index (κ2) is 6.35. The van der Waals surface area contributed by atoms with Crippen LogP contribution in [0.3, 0.4) is 0 Å². The molecular weight excluding hydrogens is 363 g/mol. The average Bonchev–Trinajstić information content (AvgIpc) is 2.83. The number of halogens is 1. The molecule has 0 unspecified atom stereocenters. The standard InChI is InChI=1S/C16H17N2O.HI/c1-3-8-18-9-6-13(7-10-18)16-17-14-11-12(2)4-5-15(14)19-16;/h4-7,9-11H,3,8H2,1-2H3;1H/q+1;/p-1. The molecule has 0 spiro atoms. The molecule has 0 aliphatic carbocycles. The molecule has 0 aliphatic rings. The molecule has 0 amide bonds. The Morgan fingerprint density at radius 1 is 1.15 bits per heavy atom. The van der Waals surface area contributed by atoms with Crippen LogP contribution < -0.4 is 28.5 Å². The second-order valence-corrected chi connectivity index (χ2v) is 4.81. The van der Waals surface area contributed by atoms with Gasteiger partial charge in [0, 0.05) is 24.1 Å². The van der Waals surface area contributed by atoms with E-state index in [9.17, 15) is 0 Å². The molecule has 4 heteroatoms. The molecule has 3 nitrogen and oxygen atoms in total. The van der Waals surface area contributed by atoms with E-state index < -0.39 is 0 Å². The van der Waals surface area contributed by atoms with Gasteiger partial charge in [0.15, 0.2) is 18.0 Å². The van der Waals surface area contributed by atoms with Gasteiger partial charge in [0.2, 0.25) is 5.89 Å². The molecule has 2 heterocycles. The molecule has 104 valence electrons. The van der Waals surface area contributed by atoms with E-state index >= 15 is 0 Å². The zero-order valence-corrected chi connectivity index (χ0v) is 13.8. The van der Waals surface area contributed by atoms with Crippen LogP contribution in [0.25, 0.3) is 22.6 Å². The molecule has 0 saturated carbocycles. The van der Waals surface area contributed by atoms with Crippen LogP contribution in [0.15, 0.2) is 47.1 Å². The minimum Gasteiger partial charge on any atom is -1.00 e. The van der Waals surface area contributed by atoms with Gasteiger partial charge in [-0.1, -0.05) is 13.0 Å². The SMILES string of the molecule is CCC[n+]1ccc(-c2nc3cc(C)ccc3o2)cc1.[I-]. The Morgan fingerprint density at radius 3 is 2.60 bits per heavy atom. The highest BCUT2D eigenvalue weighted by Gasteiger charge is 2.09. The Kier molecular flexibility index (Phi) is 4.75. The Morgan fingerprint density at radius 2 is 1.90 bits per heavy atom. The summed E-state index contributed by atoms with van der Waals surface area (Å²) in [5.41, 5.74) is 3.97. The van der Waals surface area contributed by atoms with Gasteiger partial charge in [0.1, 0.15) is 12.1 Å². The topological polar surface area (TPSA) is 29.9 Å². The van der Waals surface area contributed by atoms with E-state index in [0.717, 1.165) is 29.6 Å². The Labute approximate surface area is 135 Å². The predicted molar refractivity (Wildman–Crippen MR) is 74.7 cm³/mol. The molecule has 0 saturated heterocycles. The lowest BCUT2D eigenvalue weighted by Crippen LogP contribution is -3.00. The third-order valence-corrected chi connectivity index (χ3v) is 3.16. The molecule has 3 aromatic rings. The minimum atomic E-state index is 0. The summed E-state index contributed by atoms with van der Waals surface area (Å²) in [5.74, 6) is 0.684. The van der Waals surface area contributed by atoms with E-state index in [1.165, 1.54) is 5.56 Å². The quantitative estimate of drug-likeness (QED) is 0.490. The van der Waals surface area contributed by atoms with Crippen LogP contribution in [-0.2, 0) is 6.54 Å². The number of aromatic nitrogens is 2. The van der Waals surface area contributed by atoms with Gasteiger partial charge in [-0.15, -0.1) is 0 Å². The van der Waals surface area contributed by atoms with E-state index in [1.54, 1.807) is 0 Å². The maximum Gasteiger partial charge on any atom is 0.227 e. The monoisotopic (exact) mass is 380 g/mol. The minimum absolute atomic E-state index is 0. The van der Waals surface area contributed by atoms with Crippen LogP contribution in [0.5, 0.6) is 0 Å². The number of aryl methyl sites for hydroxylation is 2. The Balaban J connectivity index is 0.00000147. The lowest BCUT2D eigenvalue weighted by molar-refractivity contribution is -0.696. The number of hydrogen-bond acceptors (Lipinski definition) is 2. The molecule has 3 rings (SSSR count). The van der Waals surface area contributed by atoms with Crippen molar-refractivity contribution in [2.45, 2.75) is 26.8 Å². The third-order valence-electron chi connectivity index (χ3n) is 3.16. The molecule has 0 radical (unpaired) electrons. The first kappa shape index (κ1) is 15.0. The van der Waals surface area contributed by atoms with Crippen LogP contribution in [0.4, 0.5) is 0 Å². The van der Waals surface area contributed by atoms with Crippen molar-refractivity contribution in [2.75, 3.05) is 0 Å². The fourth-order valence-corrected chi connectivity index (χ4v) is 2.17. The van der Waals surface area contributed by atoms with Gasteiger partial charge in [-0.05, 0) is 24.6 Å². The summed E-state index contributed by atoms with van der Waals surface area (Å²) in [5, 5.41) is 0. The summed E-state index contributed by atoms with van der Waals surface area (Å²) in [6, 6.07) is 10.2. The number of hydrogen-bond donors (Lipinski definition) is 0. The molecule has 20 heavy (non-hydrogen) atoms. The van der Waals surface area contributed by atoms with Gasteiger partial charge in [-0.2, -0.15) is 0 Å². The van der Waals surface area contributed by atoms with Crippen LogP contribution in [-0.4, -0.2) is 4.98 Å². The van der Waals surface area contributed by atoms with Crippen molar-refractivity contribution < 1.29 is 33.0 Å². The zero-order chi connectivity index (χ0) is 13.2. The number of nitrogens with zero attached hydrogens (tertiary/aromatic N) is 2. The summed E-state index contributed by atoms with van der Waals surface area (Å²) >= 11 is 0. The molecule has 1 aromatic carbocycles. The fourth-order valence-electron chi connectivity index (χ4n) is 2.17. The van der Waals surface area contributed by atoms with E-state index in [4.69, 9.17) is 4.42 Å². The first-order chi connectivity index (χ1) is 9.26. The first-order valence-electron chi connectivity index (χ1n) is 6.63. The highest BCUT2D eigenvalue weighted by Crippen LogP contribution is 2.23. The van der Waals surface area contributed by atoms with E-state index in [1.807, 2.05) is 30.3 Å². The van der Waals surface area contributed by atoms with Crippen molar-refractivity contribution in [1.82, 2.24) is 4.98 Å². The summed E-state index contributed by atoms with van der Waals surface area (Å²) in [6.45, 7) is 5.26. The molecule has 0 atom stereocenters. The smallest absolute Gasteiger partial charge is 0.227 e. The molecule has 0 fully saturated rings. The second-order valence-electron chi connectivity index (χ2n) is 4.81. The fraction of sp³-hybridized carbons (Fsp3) is 0.250. The number of pyridine rings is 1. The van der Waals surface area contributed by atoms with Crippen LogP contribution >= 0.6 is 0 Å². The van der Waals surface area contributed by atoms with Crippen molar-refractivity contribution >= 4 is 11.1 Å². The lowest BCUT2D eigenvalue weighted by Gasteiger charge is -1.95. The van der Waals surface area contributed by atoms with Gasteiger partial charge >= 0.3 is 0 Å². The van der Waals surface area contributed by atoms with Crippen molar-refractivity contribution in [3.05, 3.63) is 48.3 Å². The number of fused-ring (bicyclic) bond motifs is 1. The van der Waals surface area contributed by atoms with Crippen molar-refractivity contribution in [2.24, 2.45) is 0 Å². The molecular formula is C16H17IN2O. The predicted octanol–water partition coefficient (Wildman–Crippen LogP) is 0.505. The summed E-state index contributed by atoms with van der Waals surface area (Å²) in [4.78, 5) is 4.54. The van der Waals surface area contributed by atoms with E-state index in [0.29, 0.717) is 5.89 Å². The number of benzene rings is 1. The summed E-state index contributed by atoms with van der Waals surface area (Å²) in [6.07, 6.45) is 5.27.